The molecule has 1 aliphatic heterocycles. The van der Waals surface area contributed by atoms with Gasteiger partial charge in [0.25, 0.3) is 5.91 Å². The van der Waals surface area contributed by atoms with E-state index in [1.54, 1.807) is 13.0 Å². The van der Waals surface area contributed by atoms with Gasteiger partial charge in [0.1, 0.15) is 0 Å². The first-order valence-corrected chi connectivity index (χ1v) is 9.44. The van der Waals surface area contributed by atoms with E-state index in [9.17, 15) is 9.59 Å². The number of carbonyl (C=O) groups excluding carboxylic acids is 2. The van der Waals surface area contributed by atoms with E-state index in [0.717, 1.165) is 38.2 Å². The van der Waals surface area contributed by atoms with Crippen LogP contribution in [0.1, 0.15) is 49.5 Å². The van der Waals surface area contributed by atoms with E-state index in [4.69, 9.17) is 0 Å². The quantitative estimate of drug-likeness (QED) is 0.813. The molecule has 26 heavy (non-hydrogen) atoms. The third-order valence-corrected chi connectivity index (χ3v) is 5.05. The van der Waals surface area contributed by atoms with Crippen LogP contribution in [0.5, 0.6) is 0 Å². The Morgan fingerprint density at radius 3 is 2.54 bits per heavy atom. The van der Waals surface area contributed by atoms with Crippen molar-refractivity contribution in [3.63, 3.8) is 0 Å². The van der Waals surface area contributed by atoms with Gasteiger partial charge >= 0.3 is 0 Å². The molecule has 0 radical (unpaired) electrons. The highest BCUT2D eigenvalue weighted by atomic mass is 16.2. The van der Waals surface area contributed by atoms with Crippen molar-refractivity contribution in [3.8, 4) is 0 Å². The number of aromatic nitrogens is 2. The van der Waals surface area contributed by atoms with Crippen molar-refractivity contribution in [2.45, 2.75) is 39.0 Å². The average molecular weight is 357 g/mol. The van der Waals surface area contributed by atoms with Crippen molar-refractivity contribution in [2.75, 3.05) is 37.6 Å². The van der Waals surface area contributed by atoms with Crippen LogP contribution in [0, 0.1) is 0 Å². The van der Waals surface area contributed by atoms with Crippen molar-refractivity contribution in [1.29, 1.82) is 0 Å². The minimum Gasteiger partial charge on any atom is -0.352 e. The summed E-state index contributed by atoms with van der Waals surface area (Å²) in [5, 5.41) is 11.2. The molecule has 0 aromatic carbocycles. The highest BCUT2D eigenvalue weighted by Crippen LogP contribution is 2.19. The van der Waals surface area contributed by atoms with Gasteiger partial charge in [-0.2, -0.15) is 0 Å². The van der Waals surface area contributed by atoms with Crippen LogP contribution in [-0.4, -0.2) is 59.6 Å². The second kappa shape index (κ2) is 8.78. The zero-order valence-corrected chi connectivity index (χ0v) is 15.4. The van der Waals surface area contributed by atoms with Gasteiger partial charge in [-0.1, -0.05) is 11.6 Å². The summed E-state index contributed by atoms with van der Waals surface area (Å²) >= 11 is 0. The lowest BCUT2D eigenvalue weighted by Gasteiger charge is -2.34. The van der Waals surface area contributed by atoms with Crippen molar-refractivity contribution in [1.82, 2.24) is 20.4 Å². The minimum atomic E-state index is -0.179. The number of hydrogen-bond acceptors (Lipinski definition) is 5. The van der Waals surface area contributed by atoms with E-state index in [0.29, 0.717) is 25.3 Å². The number of allylic oxidation sites excluding steroid dienone is 1. The predicted molar refractivity (Wildman–Crippen MR) is 100 cm³/mol. The van der Waals surface area contributed by atoms with Gasteiger partial charge < -0.3 is 15.1 Å². The SMILES string of the molecule is CC(=O)N1CCN(c2ccc(C(=O)NCCC3=CCCCC3)nn2)CC1. The van der Waals surface area contributed by atoms with Gasteiger partial charge in [0, 0.05) is 39.6 Å². The molecule has 7 heteroatoms. The van der Waals surface area contributed by atoms with Gasteiger partial charge in [0.15, 0.2) is 11.5 Å². The second-order valence-corrected chi connectivity index (χ2v) is 6.88. The molecule has 0 atom stereocenters. The first-order chi connectivity index (χ1) is 12.6. The average Bonchev–Trinajstić information content (AvgIpc) is 2.69. The largest absolute Gasteiger partial charge is 0.352 e. The molecule has 7 nitrogen and oxygen atoms in total. The molecule has 0 bridgehead atoms. The maximum absolute atomic E-state index is 12.2. The van der Waals surface area contributed by atoms with E-state index >= 15 is 0 Å². The van der Waals surface area contributed by atoms with Gasteiger partial charge in [-0.3, -0.25) is 9.59 Å². The minimum absolute atomic E-state index is 0.103. The first kappa shape index (κ1) is 18.4. The molecule has 2 heterocycles. The lowest BCUT2D eigenvalue weighted by Crippen LogP contribution is -2.48. The van der Waals surface area contributed by atoms with Crippen molar-refractivity contribution in [3.05, 3.63) is 29.5 Å². The summed E-state index contributed by atoms with van der Waals surface area (Å²) in [6, 6.07) is 3.55. The Labute approximate surface area is 154 Å². The molecule has 1 saturated heterocycles. The Hall–Kier alpha value is -2.44. The van der Waals surface area contributed by atoms with Gasteiger partial charge in [-0.25, -0.2) is 0 Å². The zero-order valence-electron chi connectivity index (χ0n) is 15.4. The molecule has 1 aliphatic carbocycles. The fraction of sp³-hybridized carbons (Fsp3) is 0.579. The van der Waals surface area contributed by atoms with Gasteiger partial charge in [-0.05, 0) is 44.2 Å². The van der Waals surface area contributed by atoms with Crippen LogP contribution in [-0.2, 0) is 4.79 Å². The molecule has 1 fully saturated rings. The number of nitrogens with zero attached hydrogens (tertiary/aromatic N) is 4. The Morgan fingerprint density at radius 1 is 1.12 bits per heavy atom. The molecule has 0 spiro atoms. The predicted octanol–water partition coefficient (Wildman–Crippen LogP) is 1.77. The number of piperazine rings is 1. The number of anilines is 1. The monoisotopic (exact) mass is 357 g/mol. The molecule has 140 valence electrons. The molecule has 0 unspecified atom stereocenters. The highest BCUT2D eigenvalue weighted by Gasteiger charge is 2.20. The van der Waals surface area contributed by atoms with E-state index in [-0.39, 0.29) is 11.8 Å². The zero-order chi connectivity index (χ0) is 18.4. The Kier molecular flexibility index (Phi) is 6.20. The molecule has 3 rings (SSSR count). The summed E-state index contributed by atoms with van der Waals surface area (Å²) < 4.78 is 0. The van der Waals surface area contributed by atoms with Gasteiger partial charge in [0.2, 0.25) is 5.91 Å². The van der Waals surface area contributed by atoms with Crippen molar-refractivity contribution >= 4 is 17.6 Å². The van der Waals surface area contributed by atoms with Crippen LogP contribution in [0.4, 0.5) is 5.82 Å². The Morgan fingerprint density at radius 2 is 1.92 bits per heavy atom. The Balaban J connectivity index is 1.47. The highest BCUT2D eigenvalue weighted by molar-refractivity contribution is 5.92. The van der Waals surface area contributed by atoms with Crippen LogP contribution < -0.4 is 10.2 Å². The molecule has 1 aromatic rings. The van der Waals surface area contributed by atoms with Crippen LogP contribution in [0.2, 0.25) is 0 Å². The fourth-order valence-electron chi connectivity index (χ4n) is 3.42. The van der Waals surface area contributed by atoms with E-state index in [1.165, 1.54) is 18.4 Å². The molecule has 1 N–H and O–H groups in total. The lowest BCUT2D eigenvalue weighted by atomic mass is 9.97. The molecule has 2 amide bonds. The van der Waals surface area contributed by atoms with E-state index in [1.807, 2.05) is 11.0 Å². The Bertz CT molecular complexity index is 663. The number of nitrogens with one attached hydrogen (secondary N) is 1. The third-order valence-electron chi connectivity index (χ3n) is 5.05. The van der Waals surface area contributed by atoms with Gasteiger partial charge in [-0.15, -0.1) is 10.2 Å². The number of hydrogen-bond donors (Lipinski definition) is 1. The fourth-order valence-corrected chi connectivity index (χ4v) is 3.42. The van der Waals surface area contributed by atoms with E-state index < -0.39 is 0 Å². The normalized spacial score (nSPS) is 17.7. The van der Waals surface area contributed by atoms with Crippen LogP contribution >= 0.6 is 0 Å². The topological polar surface area (TPSA) is 78.4 Å². The first-order valence-electron chi connectivity index (χ1n) is 9.44. The molecular formula is C19H27N5O2. The van der Waals surface area contributed by atoms with Crippen molar-refractivity contribution < 1.29 is 9.59 Å². The standard InChI is InChI=1S/C19H27N5O2/c1-15(25)23-11-13-24(14-12-23)18-8-7-17(21-22-18)19(26)20-10-9-16-5-3-2-4-6-16/h5,7-8H,2-4,6,9-14H2,1H3,(H,20,26). The van der Waals surface area contributed by atoms with Crippen LogP contribution in [0.3, 0.4) is 0 Å². The summed E-state index contributed by atoms with van der Waals surface area (Å²) in [5.41, 5.74) is 1.79. The summed E-state index contributed by atoms with van der Waals surface area (Å²) in [5.74, 6) is 0.672. The third kappa shape index (κ3) is 4.80. The molecule has 1 aromatic heterocycles. The number of rotatable bonds is 5. The van der Waals surface area contributed by atoms with Crippen molar-refractivity contribution in [2.24, 2.45) is 0 Å². The number of carbonyl (C=O) groups is 2. The molecular weight excluding hydrogens is 330 g/mol. The van der Waals surface area contributed by atoms with Crippen LogP contribution in [0.15, 0.2) is 23.8 Å². The summed E-state index contributed by atoms with van der Waals surface area (Å²) in [7, 11) is 0. The van der Waals surface area contributed by atoms with Gasteiger partial charge in [0.05, 0.1) is 0 Å². The molecule has 0 saturated carbocycles. The molecule has 2 aliphatic rings. The number of amides is 2. The van der Waals surface area contributed by atoms with E-state index in [2.05, 4.69) is 26.5 Å². The maximum Gasteiger partial charge on any atom is 0.271 e. The smallest absolute Gasteiger partial charge is 0.271 e. The van der Waals surface area contributed by atoms with Crippen LogP contribution in [0.25, 0.3) is 0 Å². The summed E-state index contributed by atoms with van der Waals surface area (Å²) in [4.78, 5) is 27.5. The second-order valence-electron chi connectivity index (χ2n) is 6.88. The maximum atomic E-state index is 12.2. The summed E-state index contributed by atoms with van der Waals surface area (Å²) in [6.45, 7) is 5.07. The lowest BCUT2D eigenvalue weighted by molar-refractivity contribution is -0.129. The summed E-state index contributed by atoms with van der Waals surface area (Å²) in [6.07, 6.45) is 8.07.